The number of hydrogen-bond acceptors (Lipinski definition) is 4. The molecule has 1 unspecified atom stereocenters. The molecule has 1 aromatic rings. The molecule has 4 nitrogen and oxygen atoms in total. The van der Waals surface area contributed by atoms with Gasteiger partial charge < -0.3 is 9.31 Å². The molecule has 0 amide bonds. The lowest BCUT2D eigenvalue weighted by Crippen LogP contribution is -2.41. The molecule has 0 radical (unpaired) electrons. The Hall–Kier alpha value is -1.35. The van der Waals surface area contributed by atoms with Crippen molar-refractivity contribution in [3.8, 4) is 6.07 Å². The maximum absolute atomic E-state index is 9.61. The van der Waals surface area contributed by atoms with E-state index in [1.807, 2.05) is 24.3 Å². The molecule has 2 heterocycles. The number of piperidine rings is 1. The fourth-order valence-electron chi connectivity index (χ4n) is 3.36. The molecular formula is C19H27BN2O2. The van der Waals surface area contributed by atoms with Crippen LogP contribution in [-0.4, -0.2) is 36.3 Å². The highest BCUT2D eigenvalue weighted by Crippen LogP contribution is 2.36. The van der Waals surface area contributed by atoms with Gasteiger partial charge >= 0.3 is 7.12 Å². The summed E-state index contributed by atoms with van der Waals surface area (Å²) in [6.07, 6.45) is 3.64. The fraction of sp³-hybridized carbons (Fsp3) is 0.632. The van der Waals surface area contributed by atoms with Gasteiger partial charge in [-0.25, -0.2) is 0 Å². The molecule has 0 N–H and O–H groups in total. The first-order valence-electron chi connectivity index (χ1n) is 8.93. The van der Waals surface area contributed by atoms with Gasteiger partial charge in [0, 0.05) is 0 Å². The van der Waals surface area contributed by atoms with E-state index in [-0.39, 0.29) is 24.4 Å². The topological polar surface area (TPSA) is 45.5 Å². The van der Waals surface area contributed by atoms with Crippen LogP contribution in [0.5, 0.6) is 0 Å². The van der Waals surface area contributed by atoms with Crippen molar-refractivity contribution >= 4 is 12.6 Å². The molecule has 5 heteroatoms. The van der Waals surface area contributed by atoms with E-state index in [0.29, 0.717) is 0 Å². The highest BCUT2D eigenvalue weighted by atomic mass is 16.7. The van der Waals surface area contributed by atoms with E-state index in [1.165, 1.54) is 19.3 Å². The van der Waals surface area contributed by atoms with Crippen molar-refractivity contribution in [2.75, 3.05) is 13.1 Å². The van der Waals surface area contributed by atoms with Crippen LogP contribution in [0.2, 0.25) is 0 Å². The summed E-state index contributed by atoms with van der Waals surface area (Å²) in [5.74, 6) is 0. The molecular weight excluding hydrogens is 299 g/mol. The molecule has 0 aromatic heterocycles. The zero-order valence-corrected chi connectivity index (χ0v) is 15.2. The van der Waals surface area contributed by atoms with Crippen molar-refractivity contribution in [2.24, 2.45) is 0 Å². The van der Waals surface area contributed by atoms with E-state index in [9.17, 15) is 5.26 Å². The Morgan fingerprint density at radius 3 is 2.04 bits per heavy atom. The monoisotopic (exact) mass is 326 g/mol. The molecule has 2 fully saturated rings. The van der Waals surface area contributed by atoms with Gasteiger partial charge in [-0.15, -0.1) is 0 Å². The van der Waals surface area contributed by atoms with Crippen LogP contribution in [0.15, 0.2) is 24.3 Å². The highest BCUT2D eigenvalue weighted by molar-refractivity contribution is 6.62. The highest BCUT2D eigenvalue weighted by Gasteiger charge is 2.51. The average Bonchev–Trinajstić information content (AvgIpc) is 2.78. The molecule has 3 rings (SSSR count). The number of hydrogen-bond donors (Lipinski definition) is 0. The van der Waals surface area contributed by atoms with Crippen LogP contribution in [0.3, 0.4) is 0 Å². The summed E-state index contributed by atoms with van der Waals surface area (Å²) in [5.41, 5.74) is 1.39. The summed E-state index contributed by atoms with van der Waals surface area (Å²) in [4.78, 5) is 2.29. The van der Waals surface area contributed by atoms with Crippen LogP contribution in [0.25, 0.3) is 0 Å². The molecule has 24 heavy (non-hydrogen) atoms. The van der Waals surface area contributed by atoms with Crippen LogP contribution in [0.1, 0.15) is 58.6 Å². The van der Waals surface area contributed by atoms with E-state index in [4.69, 9.17) is 9.31 Å². The minimum Gasteiger partial charge on any atom is -0.399 e. The smallest absolute Gasteiger partial charge is 0.399 e. The van der Waals surface area contributed by atoms with Gasteiger partial charge in [-0.3, -0.25) is 4.90 Å². The lowest BCUT2D eigenvalue weighted by molar-refractivity contribution is 0.00578. The summed E-state index contributed by atoms with van der Waals surface area (Å²) in [7, 11) is -0.348. The van der Waals surface area contributed by atoms with Crippen LogP contribution in [-0.2, 0) is 9.31 Å². The van der Waals surface area contributed by atoms with Crippen molar-refractivity contribution in [2.45, 2.75) is 64.2 Å². The largest absolute Gasteiger partial charge is 0.494 e. The molecule has 0 saturated carbocycles. The maximum atomic E-state index is 9.61. The van der Waals surface area contributed by atoms with E-state index in [1.54, 1.807) is 0 Å². The number of likely N-dealkylation sites (tertiary alicyclic amines) is 1. The third-order valence-electron chi connectivity index (χ3n) is 5.66. The number of nitrogens with zero attached hydrogens (tertiary/aromatic N) is 2. The van der Waals surface area contributed by atoms with E-state index >= 15 is 0 Å². The van der Waals surface area contributed by atoms with E-state index < -0.39 is 0 Å². The summed E-state index contributed by atoms with van der Waals surface area (Å²) >= 11 is 0. The van der Waals surface area contributed by atoms with Crippen molar-refractivity contribution in [1.29, 1.82) is 5.26 Å². The maximum Gasteiger partial charge on any atom is 0.494 e. The normalized spacial score (nSPS) is 24.5. The first-order chi connectivity index (χ1) is 11.3. The predicted octanol–water partition coefficient (Wildman–Crippen LogP) is 3.04. The van der Waals surface area contributed by atoms with Gasteiger partial charge in [0.05, 0.1) is 17.3 Å². The summed E-state index contributed by atoms with van der Waals surface area (Å²) in [6.45, 7) is 10.3. The molecule has 128 valence electrons. The second-order valence-corrected chi connectivity index (χ2v) is 7.88. The van der Waals surface area contributed by atoms with Gasteiger partial charge in [0.15, 0.2) is 0 Å². The predicted molar refractivity (Wildman–Crippen MR) is 95.9 cm³/mol. The first-order valence-corrected chi connectivity index (χ1v) is 8.93. The van der Waals surface area contributed by atoms with Crippen LogP contribution in [0, 0.1) is 11.3 Å². The molecule has 1 aromatic carbocycles. The second-order valence-electron chi connectivity index (χ2n) is 7.88. The van der Waals surface area contributed by atoms with Gasteiger partial charge in [0.1, 0.15) is 6.04 Å². The number of benzene rings is 1. The SMILES string of the molecule is CC1(C)OB(c2ccc(C(C#N)N3CCCCC3)cc2)OC1(C)C. The Balaban J connectivity index is 1.75. The van der Waals surface area contributed by atoms with Crippen molar-refractivity contribution in [1.82, 2.24) is 4.90 Å². The lowest BCUT2D eigenvalue weighted by Gasteiger charge is -2.32. The van der Waals surface area contributed by atoms with Gasteiger partial charge in [-0.2, -0.15) is 5.26 Å². The van der Waals surface area contributed by atoms with Crippen molar-refractivity contribution in [3.05, 3.63) is 29.8 Å². The molecule has 2 aliphatic rings. The molecule has 0 spiro atoms. The van der Waals surface area contributed by atoms with Gasteiger partial charge in [-0.1, -0.05) is 30.7 Å². The van der Waals surface area contributed by atoms with E-state index in [2.05, 4.69) is 38.7 Å². The molecule has 2 aliphatic heterocycles. The van der Waals surface area contributed by atoms with Gasteiger partial charge in [-0.05, 0) is 64.7 Å². The second kappa shape index (κ2) is 6.52. The quantitative estimate of drug-likeness (QED) is 0.801. The standard InChI is InChI=1S/C19H27BN2O2/c1-18(2)19(3,4)24-20(23-18)16-10-8-15(9-11-16)17(14-21)22-12-6-5-7-13-22/h8-11,17H,5-7,12-13H2,1-4H3. The Labute approximate surface area is 145 Å². The van der Waals surface area contributed by atoms with Crippen molar-refractivity contribution < 1.29 is 9.31 Å². The summed E-state index contributed by atoms with van der Waals surface area (Å²) in [6, 6.07) is 10.5. The Morgan fingerprint density at radius 2 is 1.54 bits per heavy atom. The Bertz CT molecular complexity index is 599. The van der Waals surface area contributed by atoms with Crippen LogP contribution < -0.4 is 5.46 Å². The Kier molecular flexibility index (Phi) is 4.74. The molecule has 2 saturated heterocycles. The number of nitriles is 1. The van der Waals surface area contributed by atoms with E-state index in [0.717, 1.165) is 24.1 Å². The summed E-state index contributed by atoms with van der Waals surface area (Å²) in [5, 5.41) is 9.61. The minimum atomic E-state index is -0.348. The lowest BCUT2D eigenvalue weighted by atomic mass is 9.78. The third kappa shape index (κ3) is 3.24. The first kappa shape index (κ1) is 17.5. The average molecular weight is 326 g/mol. The molecule has 0 bridgehead atoms. The molecule has 0 aliphatic carbocycles. The van der Waals surface area contributed by atoms with Crippen LogP contribution in [0.4, 0.5) is 0 Å². The van der Waals surface area contributed by atoms with Crippen LogP contribution >= 0.6 is 0 Å². The molecule has 1 atom stereocenters. The van der Waals surface area contributed by atoms with Gasteiger partial charge in [0.2, 0.25) is 0 Å². The summed E-state index contributed by atoms with van der Waals surface area (Å²) < 4.78 is 12.2. The van der Waals surface area contributed by atoms with Gasteiger partial charge in [0.25, 0.3) is 0 Å². The zero-order chi connectivity index (χ0) is 17.4. The third-order valence-corrected chi connectivity index (χ3v) is 5.66. The zero-order valence-electron chi connectivity index (χ0n) is 15.2. The Morgan fingerprint density at radius 1 is 1.00 bits per heavy atom. The number of rotatable bonds is 3. The fourth-order valence-corrected chi connectivity index (χ4v) is 3.36. The van der Waals surface area contributed by atoms with Crippen molar-refractivity contribution in [3.63, 3.8) is 0 Å². The minimum absolute atomic E-state index is 0.155.